The number of nitrogens with zero attached hydrogens (tertiary/aromatic N) is 1. The molecule has 1 heterocycles. The van der Waals surface area contributed by atoms with Crippen molar-refractivity contribution in [1.82, 2.24) is 0 Å². The van der Waals surface area contributed by atoms with Gasteiger partial charge < -0.3 is 14.4 Å². The highest BCUT2D eigenvalue weighted by Crippen LogP contribution is 2.47. The monoisotopic (exact) mass is 359 g/mol. The lowest BCUT2D eigenvalue weighted by Gasteiger charge is -2.19. The number of anilines is 1. The predicted octanol–water partition coefficient (Wildman–Crippen LogP) is 4.50. The van der Waals surface area contributed by atoms with E-state index in [1.54, 1.807) is 26.2 Å². The number of fused-ring (bicyclic) bond motifs is 1. The number of hydrogen-bond acceptors (Lipinski definition) is 3. The fourth-order valence-electron chi connectivity index (χ4n) is 3.44. The van der Waals surface area contributed by atoms with Gasteiger partial charge >= 0.3 is 0 Å². The zero-order valence-electron chi connectivity index (χ0n) is 15.0. The average molecular weight is 360 g/mol. The standard InChI is InChI=1S/C20H22ClNO3/c1-5-6-12-9-16(24-3)19(17(10-12)25-4)13-7-8-15(21)20-14(13)11-18(23)22(20)2/h7-10H,5-6,11H2,1-4H3. The van der Waals surface area contributed by atoms with Gasteiger partial charge in [-0.1, -0.05) is 31.0 Å². The molecule has 0 radical (unpaired) electrons. The second-order valence-electron chi connectivity index (χ2n) is 6.18. The molecule has 1 aliphatic heterocycles. The summed E-state index contributed by atoms with van der Waals surface area (Å²) >= 11 is 6.35. The van der Waals surface area contributed by atoms with Gasteiger partial charge in [-0.05, 0) is 41.3 Å². The largest absolute Gasteiger partial charge is 0.496 e. The van der Waals surface area contributed by atoms with E-state index in [4.69, 9.17) is 21.1 Å². The van der Waals surface area contributed by atoms with Crippen LogP contribution in [0.4, 0.5) is 5.69 Å². The molecule has 2 aromatic rings. The molecule has 0 saturated carbocycles. The van der Waals surface area contributed by atoms with Crippen molar-refractivity contribution >= 4 is 23.2 Å². The van der Waals surface area contributed by atoms with Crippen molar-refractivity contribution in [3.8, 4) is 22.6 Å². The number of hydrogen-bond donors (Lipinski definition) is 0. The first-order chi connectivity index (χ1) is 12.0. The summed E-state index contributed by atoms with van der Waals surface area (Å²) in [6.45, 7) is 2.14. The number of likely N-dealkylation sites (N-methyl/N-ethyl adjacent to an activating group) is 1. The van der Waals surface area contributed by atoms with Gasteiger partial charge in [0.05, 0.1) is 36.9 Å². The summed E-state index contributed by atoms with van der Waals surface area (Å²) in [6.07, 6.45) is 2.32. The second kappa shape index (κ2) is 6.96. The molecule has 0 spiro atoms. The molecule has 2 aromatic carbocycles. The summed E-state index contributed by atoms with van der Waals surface area (Å²) in [7, 11) is 5.06. The number of carbonyl (C=O) groups excluding carboxylic acids is 1. The predicted molar refractivity (Wildman–Crippen MR) is 101 cm³/mol. The van der Waals surface area contributed by atoms with Crippen LogP contribution in [0.15, 0.2) is 24.3 Å². The molecule has 25 heavy (non-hydrogen) atoms. The van der Waals surface area contributed by atoms with Gasteiger partial charge in [0, 0.05) is 7.05 Å². The molecule has 132 valence electrons. The maximum Gasteiger partial charge on any atom is 0.231 e. The van der Waals surface area contributed by atoms with Gasteiger partial charge in [-0.2, -0.15) is 0 Å². The van der Waals surface area contributed by atoms with Gasteiger partial charge in [-0.25, -0.2) is 0 Å². The lowest BCUT2D eigenvalue weighted by atomic mass is 9.94. The number of ether oxygens (including phenoxy) is 2. The Balaban J connectivity index is 2.26. The van der Waals surface area contributed by atoms with Crippen LogP contribution in [0.25, 0.3) is 11.1 Å². The van der Waals surface area contributed by atoms with Crippen molar-refractivity contribution in [3.63, 3.8) is 0 Å². The molecule has 0 unspecified atom stereocenters. The maximum atomic E-state index is 12.2. The topological polar surface area (TPSA) is 38.8 Å². The summed E-state index contributed by atoms with van der Waals surface area (Å²) in [4.78, 5) is 13.8. The van der Waals surface area contributed by atoms with E-state index >= 15 is 0 Å². The van der Waals surface area contributed by atoms with Crippen LogP contribution < -0.4 is 14.4 Å². The molecule has 0 saturated heterocycles. The van der Waals surface area contributed by atoms with E-state index in [1.807, 2.05) is 24.3 Å². The fourth-order valence-corrected chi connectivity index (χ4v) is 3.75. The third kappa shape index (κ3) is 2.95. The first kappa shape index (κ1) is 17.6. The Morgan fingerprint density at radius 3 is 2.36 bits per heavy atom. The zero-order valence-corrected chi connectivity index (χ0v) is 15.7. The van der Waals surface area contributed by atoms with Gasteiger partial charge in [0.25, 0.3) is 0 Å². The highest BCUT2D eigenvalue weighted by Gasteiger charge is 2.31. The maximum absolute atomic E-state index is 12.2. The molecule has 0 bridgehead atoms. The lowest BCUT2D eigenvalue weighted by Crippen LogP contribution is -2.20. The Morgan fingerprint density at radius 2 is 1.80 bits per heavy atom. The number of rotatable bonds is 5. The Labute approximate surface area is 153 Å². The van der Waals surface area contributed by atoms with Crippen LogP contribution in [-0.2, 0) is 17.6 Å². The van der Waals surface area contributed by atoms with Crippen LogP contribution in [0.3, 0.4) is 0 Å². The number of carbonyl (C=O) groups is 1. The van der Waals surface area contributed by atoms with Crippen LogP contribution in [0.2, 0.25) is 5.02 Å². The van der Waals surface area contributed by atoms with Gasteiger partial charge in [0.15, 0.2) is 0 Å². The van der Waals surface area contributed by atoms with E-state index in [0.29, 0.717) is 11.4 Å². The van der Waals surface area contributed by atoms with Crippen molar-refractivity contribution in [3.05, 3.63) is 40.4 Å². The van der Waals surface area contributed by atoms with Crippen molar-refractivity contribution < 1.29 is 14.3 Å². The molecule has 0 aromatic heterocycles. The molecule has 1 aliphatic rings. The molecule has 0 aliphatic carbocycles. The van der Waals surface area contributed by atoms with Crippen LogP contribution in [0.5, 0.6) is 11.5 Å². The van der Waals surface area contributed by atoms with Gasteiger partial charge in [-0.3, -0.25) is 4.79 Å². The van der Waals surface area contributed by atoms with Crippen molar-refractivity contribution in [2.45, 2.75) is 26.2 Å². The molecule has 3 rings (SSSR count). The summed E-state index contributed by atoms with van der Waals surface area (Å²) in [5.74, 6) is 1.52. The average Bonchev–Trinajstić information content (AvgIpc) is 2.91. The minimum absolute atomic E-state index is 0.0323. The van der Waals surface area contributed by atoms with Gasteiger partial charge in [-0.15, -0.1) is 0 Å². The zero-order chi connectivity index (χ0) is 18.1. The highest BCUT2D eigenvalue weighted by molar-refractivity contribution is 6.35. The third-order valence-corrected chi connectivity index (χ3v) is 4.95. The first-order valence-corrected chi connectivity index (χ1v) is 8.72. The fraction of sp³-hybridized carbons (Fsp3) is 0.350. The molecular formula is C20H22ClNO3. The van der Waals surface area contributed by atoms with E-state index < -0.39 is 0 Å². The molecule has 4 nitrogen and oxygen atoms in total. The Hall–Kier alpha value is -2.20. The Morgan fingerprint density at radius 1 is 1.16 bits per heavy atom. The van der Waals surface area contributed by atoms with Crippen molar-refractivity contribution in [1.29, 1.82) is 0 Å². The smallest absolute Gasteiger partial charge is 0.231 e. The second-order valence-corrected chi connectivity index (χ2v) is 6.58. The minimum Gasteiger partial charge on any atom is -0.496 e. The summed E-state index contributed by atoms with van der Waals surface area (Å²) in [5, 5.41) is 0.577. The summed E-state index contributed by atoms with van der Waals surface area (Å²) in [6, 6.07) is 7.85. The molecule has 0 N–H and O–H groups in total. The minimum atomic E-state index is 0.0323. The van der Waals surface area contributed by atoms with E-state index in [0.717, 1.165) is 46.7 Å². The number of halogens is 1. The van der Waals surface area contributed by atoms with Crippen LogP contribution in [0.1, 0.15) is 24.5 Å². The first-order valence-electron chi connectivity index (χ1n) is 8.35. The highest BCUT2D eigenvalue weighted by atomic mass is 35.5. The summed E-state index contributed by atoms with van der Waals surface area (Å²) < 4.78 is 11.3. The third-order valence-electron chi connectivity index (χ3n) is 4.64. The van der Waals surface area contributed by atoms with Crippen LogP contribution >= 0.6 is 11.6 Å². The lowest BCUT2D eigenvalue weighted by molar-refractivity contribution is -0.117. The molecule has 5 heteroatoms. The van der Waals surface area contributed by atoms with Gasteiger partial charge in [0.1, 0.15) is 11.5 Å². The van der Waals surface area contributed by atoms with Gasteiger partial charge in [0.2, 0.25) is 5.91 Å². The molecular weight excluding hydrogens is 338 g/mol. The number of amides is 1. The number of benzene rings is 2. The number of methoxy groups -OCH3 is 2. The summed E-state index contributed by atoms with van der Waals surface area (Å²) in [5.41, 5.74) is 4.64. The van der Waals surface area contributed by atoms with E-state index in [9.17, 15) is 4.79 Å². The molecule has 1 amide bonds. The van der Waals surface area contributed by atoms with Crippen LogP contribution in [0, 0.1) is 0 Å². The normalized spacial score (nSPS) is 13.2. The van der Waals surface area contributed by atoms with Crippen LogP contribution in [-0.4, -0.2) is 27.2 Å². The Bertz CT molecular complexity index is 807. The molecule has 0 fully saturated rings. The van der Waals surface area contributed by atoms with Crippen molar-refractivity contribution in [2.24, 2.45) is 0 Å². The van der Waals surface area contributed by atoms with E-state index in [1.165, 1.54) is 5.56 Å². The van der Waals surface area contributed by atoms with E-state index in [-0.39, 0.29) is 5.91 Å². The van der Waals surface area contributed by atoms with Crippen molar-refractivity contribution in [2.75, 3.05) is 26.2 Å². The quantitative estimate of drug-likeness (QED) is 0.789. The Kier molecular flexibility index (Phi) is 4.91. The molecule has 0 atom stereocenters. The SMILES string of the molecule is CCCc1cc(OC)c(-c2ccc(Cl)c3c2CC(=O)N3C)c(OC)c1. The van der Waals surface area contributed by atoms with E-state index in [2.05, 4.69) is 6.92 Å². The number of aryl methyl sites for hydroxylation is 1.